The molecular formula is C14H12ClF3N2O2S. The molecule has 0 radical (unpaired) electrons. The smallest absolute Gasteiger partial charge is 0.354 e. The second kappa shape index (κ2) is 6.29. The Kier molecular flexibility index (Phi) is 4.76. The van der Waals surface area contributed by atoms with Crippen LogP contribution < -0.4 is 10.0 Å². The highest BCUT2D eigenvalue weighted by Crippen LogP contribution is 2.35. The quantitative estimate of drug-likeness (QED) is 0.841. The first-order chi connectivity index (χ1) is 10.5. The van der Waals surface area contributed by atoms with Gasteiger partial charge in [0.2, 0.25) is 10.0 Å². The van der Waals surface area contributed by atoms with E-state index >= 15 is 0 Å². The lowest BCUT2D eigenvalue weighted by Crippen LogP contribution is -2.09. The average Bonchev–Trinajstić information content (AvgIpc) is 2.40. The van der Waals surface area contributed by atoms with Gasteiger partial charge in [-0.3, -0.25) is 4.72 Å². The summed E-state index contributed by atoms with van der Waals surface area (Å²) < 4.78 is 62.6. The van der Waals surface area contributed by atoms with Gasteiger partial charge in [-0.05, 0) is 42.5 Å². The summed E-state index contributed by atoms with van der Waals surface area (Å²) >= 11 is 5.89. The molecule has 9 heteroatoms. The second-order valence-electron chi connectivity index (χ2n) is 4.77. The predicted octanol–water partition coefficient (Wildman–Crippen LogP) is 4.47. The Morgan fingerprint density at radius 3 is 2.09 bits per heavy atom. The number of nitrogens with one attached hydrogen (secondary N) is 2. The number of rotatable bonds is 4. The van der Waals surface area contributed by atoms with Crippen LogP contribution in [0.1, 0.15) is 5.56 Å². The number of halogens is 4. The maximum Gasteiger partial charge on any atom is 0.416 e. The molecule has 2 aromatic carbocycles. The van der Waals surface area contributed by atoms with E-state index in [2.05, 4.69) is 10.0 Å². The second-order valence-corrected chi connectivity index (χ2v) is 6.92. The molecule has 0 aromatic heterocycles. The highest BCUT2D eigenvalue weighted by molar-refractivity contribution is 7.92. The summed E-state index contributed by atoms with van der Waals surface area (Å²) in [5.74, 6) is 0. The van der Waals surface area contributed by atoms with Crippen molar-refractivity contribution in [2.24, 2.45) is 0 Å². The van der Waals surface area contributed by atoms with Crippen molar-refractivity contribution in [3.05, 3.63) is 53.1 Å². The summed E-state index contributed by atoms with van der Waals surface area (Å²) in [6.45, 7) is 0. The zero-order chi connectivity index (χ0) is 17.3. The van der Waals surface area contributed by atoms with Crippen molar-refractivity contribution in [2.75, 3.05) is 16.3 Å². The van der Waals surface area contributed by atoms with E-state index in [0.29, 0.717) is 11.4 Å². The third kappa shape index (κ3) is 5.04. The third-order valence-electron chi connectivity index (χ3n) is 2.76. The Labute approximate surface area is 136 Å². The minimum absolute atomic E-state index is 0.102. The van der Waals surface area contributed by atoms with Crippen LogP contribution in [-0.4, -0.2) is 14.7 Å². The van der Waals surface area contributed by atoms with Crippen LogP contribution in [0.3, 0.4) is 0 Å². The minimum Gasteiger partial charge on any atom is -0.354 e. The van der Waals surface area contributed by atoms with Gasteiger partial charge in [0.1, 0.15) is 0 Å². The molecule has 0 amide bonds. The average molecular weight is 365 g/mol. The van der Waals surface area contributed by atoms with E-state index in [-0.39, 0.29) is 10.7 Å². The summed E-state index contributed by atoms with van der Waals surface area (Å²) in [5, 5.41) is 2.90. The topological polar surface area (TPSA) is 58.2 Å². The Bertz CT molecular complexity index is 806. The number of alkyl halides is 3. The van der Waals surface area contributed by atoms with Crippen LogP contribution in [0.5, 0.6) is 0 Å². The molecule has 0 aliphatic carbocycles. The third-order valence-corrected chi connectivity index (χ3v) is 3.70. The number of anilines is 3. The van der Waals surface area contributed by atoms with E-state index in [1.165, 1.54) is 24.3 Å². The van der Waals surface area contributed by atoms with Crippen LogP contribution in [0.2, 0.25) is 5.02 Å². The molecule has 2 rings (SSSR count). The molecule has 0 unspecified atom stereocenters. The van der Waals surface area contributed by atoms with Gasteiger partial charge in [0.15, 0.2) is 0 Å². The molecule has 0 atom stereocenters. The maximum absolute atomic E-state index is 12.7. The zero-order valence-corrected chi connectivity index (χ0v) is 13.4. The zero-order valence-electron chi connectivity index (χ0n) is 11.8. The van der Waals surface area contributed by atoms with E-state index in [4.69, 9.17) is 11.6 Å². The minimum atomic E-state index is -4.47. The fourth-order valence-electron chi connectivity index (χ4n) is 1.79. The van der Waals surface area contributed by atoms with Gasteiger partial charge in [-0.25, -0.2) is 8.42 Å². The molecule has 0 aliphatic heterocycles. The normalized spacial score (nSPS) is 12.0. The Balaban J connectivity index is 2.22. The number of benzene rings is 2. The van der Waals surface area contributed by atoms with Crippen molar-refractivity contribution in [3.8, 4) is 0 Å². The fourth-order valence-corrected chi connectivity index (χ4v) is 2.52. The van der Waals surface area contributed by atoms with Gasteiger partial charge in [0, 0.05) is 11.4 Å². The summed E-state index contributed by atoms with van der Waals surface area (Å²) in [4.78, 5) is 0. The number of hydrogen-bond donors (Lipinski definition) is 2. The molecule has 4 nitrogen and oxygen atoms in total. The van der Waals surface area contributed by atoms with Crippen LogP contribution in [0.4, 0.5) is 30.2 Å². The molecule has 0 spiro atoms. The largest absolute Gasteiger partial charge is 0.416 e. The van der Waals surface area contributed by atoms with E-state index in [1.807, 2.05) is 0 Å². The Hall–Kier alpha value is -1.93. The van der Waals surface area contributed by atoms with Crippen molar-refractivity contribution in [1.82, 2.24) is 0 Å². The van der Waals surface area contributed by atoms with Gasteiger partial charge in [-0.15, -0.1) is 0 Å². The monoisotopic (exact) mass is 364 g/mol. The van der Waals surface area contributed by atoms with Crippen molar-refractivity contribution in [3.63, 3.8) is 0 Å². The Morgan fingerprint density at radius 2 is 1.57 bits per heavy atom. The van der Waals surface area contributed by atoms with Crippen LogP contribution in [0.15, 0.2) is 42.5 Å². The first-order valence-corrected chi connectivity index (χ1v) is 8.53. The molecule has 0 saturated heterocycles. The van der Waals surface area contributed by atoms with E-state index in [9.17, 15) is 21.6 Å². The highest BCUT2D eigenvalue weighted by Gasteiger charge is 2.30. The molecule has 0 heterocycles. The lowest BCUT2D eigenvalue weighted by atomic mass is 10.2. The van der Waals surface area contributed by atoms with Gasteiger partial charge in [0.25, 0.3) is 0 Å². The highest BCUT2D eigenvalue weighted by atomic mass is 35.5. The van der Waals surface area contributed by atoms with Gasteiger partial charge < -0.3 is 5.32 Å². The number of sulfonamides is 1. The molecule has 0 aliphatic rings. The molecule has 0 fully saturated rings. The Morgan fingerprint density at radius 1 is 1.00 bits per heavy atom. The van der Waals surface area contributed by atoms with Crippen LogP contribution in [0, 0.1) is 0 Å². The van der Waals surface area contributed by atoms with E-state index in [0.717, 1.165) is 24.5 Å². The lowest BCUT2D eigenvalue weighted by Gasteiger charge is -2.13. The van der Waals surface area contributed by atoms with Crippen LogP contribution in [0.25, 0.3) is 0 Å². The van der Waals surface area contributed by atoms with Gasteiger partial charge in [-0.1, -0.05) is 11.6 Å². The predicted molar refractivity (Wildman–Crippen MR) is 84.6 cm³/mol. The van der Waals surface area contributed by atoms with Crippen molar-refractivity contribution in [2.45, 2.75) is 6.18 Å². The summed E-state index contributed by atoms with van der Waals surface area (Å²) in [6, 6.07) is 8.95. The number of hydrogen-bond acceptors (Lipinski definition) is 3. The van der Waals surface area contributed by atoms with E-state index in [1.54, 1.807) is 0 Å². The summed E-state index contributed by atoms with van der Waals surface area (Å²) in [6.07, 6.45) is -3.45. The first-order valence-electron chi connectivity index (χ1n) is 6.26. The van der Waals surface area contributed by atoms with Crippen molar-refractivity contribution in [1.29, 1.82) is 0 Å². The maximum atomic E-state index is 12.7. The van der Waals surface area contributed by atoms with Crippen LogP contribution >= 0.6 is 11.6 Å². The lowest BCUT2D eigenvalue weighted by molar-refractivity contribution is -0.137. The molecule has 2 aromatic rings. The SMILES string of the molecule is CS(=O)(=O)Nc1ccc(Nc2cc(C(F)(F)F)ccc2Cl)cc1. The first kappa shape index (κ1) is 17.4. The molecule has 124 valence electrons. The standard InChI is InChI=1S/C14H12ClF3N2O2S/c1-23(21,22)20-11-5-3-10(4-6-11)19-13-8-9(14(16,17)18)2-7-12(13)15/h2-8,19-20H,1H3. The van der Waals surface area contributed by atoms with Gasteiger partial charge in [-0.2, -0.15) is 13.2 Å². The van der Waals surface area contributed by atoms with Gasteiger partial charge in [0.05, 0.1) is 22.5 Å². The molecule has 0 bridgehead atoms. The molecule has 2 N–H and O–H groups in total. The van der Waals surface area contributed by atoms with E-state index < -0.39 is 21.8 Å². The van der Waals surface area contributed by atoms with Crippen LogP contribution in [-0.2, 0) is 16.2 Å². The fraction of sp³-hybridized carbons (Fsp3) is 0.143. The molecule has 0 saturated carbocycles. The summed E-state index contributed by atoms with van der Waals surface area (Å²) in [5.41, 5.74) is 0.0866. The molecule has 23 heavy (non-hydrogen) atoms. The molecular weight excluding hydrogens is 353 g/mol. The summed E-state index contributed by atoms with van der Waals surface area (Å²) in [7, 11) is -3.39. The van der Waals surface area contributed by atoms with Crippen molar-refractivity contribution >= 4 is 38.7 Å². The van der Waals surface area contributed by atoms with Gasteiger partial charge >= 0.3 is 6.18 Å². The van der Waals surface area contributed by atoms with Crippen molar-refractivity contribution < 1.29 is 21.6 Å².